The number of hydrogen-bond donors (Lipinski definition) is 3. The van der Waals surface area contributed by atoms with Crippen molar-refractivity contribution in [3.8, 4) is 0 Å². The van der Waals surface area contributed by atoms with E-state index >= 15 is 0 Å². The molecule has 0 radical (unpaired) electrons. The summed E-state index contributed by atoms with van der Waals surface area (Å²) in [5.41, 5.74) is 1.30. The molecule has 1 unspecified atom stereocenters. The Balaban J connectivity index is 1.35. The first kappa shape index (κ1) is 29.3. The molecule has 2 fully saturated rings. The first-order chi connectivity index (χ1) is 19.2. The molecule has 2 aliphatic rings. The van der Waals surface area contributed by atoms with Gasteiger partial charge in [-0.1, -0.05) is 55.0 Å². The van der Waals surface area contributed by atoms with Crippen molar-refractivity contribution in [2.24, 2.45) is 5.92 Å². The number of fused-ring (bicyclic) bond motifs is 1. The van der Waals surface area contributed by atoms with Crippen LogP contribution in [-0.4, -0.2) is 76.9 Å². The topological polar surface area (TPSA) is 119 Å². The summed E-state index contributed by atoms with van der Waals surface area (Å²) in [6, 6.07) is 14.2. The molecule has 3 N–H and O–H groups in total. The second-order valence-electron chi connectivity index (χ2n) is 10.9. The van der Waals surface area contributed by atoms with Gasteiger partial charge >= 0.3 is 5.97 Å². The van der Waals surface area contributed by atoms with E-state index in [-0.39, 0.29) is 42.9 Å². The lowest BCUT2D eigenvalue weighted by Gasteiger charge is -2.42. The Morgan fingerprint density at radius 1 is 1.02 bits per heavy atom. The Kier molecular flexibility index (Phi) is 9.93. The van der Waals surface area contributed by atoms with Gasteiger partial charge < -0.3 is 20.6 Å². The summed E-state index contributed by atoms with van der Waals surface area (Å²) in [6.45, 7) is 5.43. The summed E-state index contributed by atoms with van der Waals surface area (Å²) in [5.74, 6) is -1.88. The number of carboxylic acids is 1. The average molecular weight is 549 g/mol. The summed E-state index contributed by atoms with van der Waals surface area (Å²) in [7, 11) is 0. The highest BCUT2D eigenvalue weighted by Gasteiger charge is 2.36. The predicted molar refractivity (Wildman–Crippen MR) is 153 cm³/mol. The van der Waals surface area contributed by atoms with Crippen molar-refractivity contribution in [2.75, 3.05) is 26.2 Å². The van der Waals surface area contributed by atoms with Gasteiger partial charge in [0.15, 0.2) is 0 Å². The van der Waals surface area contributed by atoms with E-state index in [9.17, 15) is 19.2 Å². The number of rotatable bonds is 11. The maximum Gasteiger partial charge on any atom is 0.328 e. The fourth-order valence-electron chi connectivity index (χ4n) is 5.65. The monoisotopic (exact) mass is 548 g/mol. The van der Waals surface area contributed by atoms with Crippen molar-refractivity contribution in [3.05, 3.63) is 60.2 Å². The van der Waals surface area contributed by atoms with Gasteiger partial charge in [0.1, 0.15) is 6.04 Å². The van der Waals surface area contributed by atoms with Gasteiger partial charge in [0.25, 0.3) is 0 Å². The Labute approximate surface area is 235 Å². The number of benzene rings is 2. The summed E-state index contributed by atoms with van der Waals surface area (Å²) in [5, 5.41) is 16.4. The fraction of sp³-hybridized carbons (Fsp3) is 0.484. The molecule has 214 valence electrons. The number of nitrogens with zero attached hydrogens (tertiary/aromatic N) is 2. The minimum Gasteiger partial charge on any atom is -0.478 e. The van der Waals surface area contributed by atoms with Crippen molar-refractivity contribution in [1.29, 1.82) is 0 Å². The number of carbonyl (C=O) groups is 4. The third-order valence-corrected chi connectivity index (χ3v) is 8.24. The number of aliphatic carboxylic acids is 1. The van der Waals surface area contributed by atoms with Crippen LogP contribution in [0.2, 0.25) is 0 Å². The fourth-order valence-corrected chi connectivity index (χ4v) is 5.65. The number of likely N-dealkylation sites (tertiary alicyclic amines) is 1. The molecule has 1 heterocycles. The predicted octanol–water partition coefficient (Wildman–Crippen LogP) is 3.26. The molecule has 4 rings (SSSR count). The second kappa shape index (κ2) is 13.6. The van der Waals surface area contributed by atoms with E-state index in [0.717, 1.165) is 51.3 Å². The average Bonchev–Trinajstić information content (AvgIpc) is 2.92. The lowest BCUT2D eigenvalue weighted by molar-refractivity contribution is -0.145. The minimum absolute atomic E-state index is 0.0258. The Morgan fingerprint density at radius 3 is 2.40 bits per heavy atom. The third-order valence-electron chi connectivity index (χ3n) is 8.24. The maximum atomic E-state index is 13.4. The van der Waals surface area contributed by atoms with E-state index in [1.54, 1.807) is 11.8 Å². The van der Waals surface area contributed by atoms with Crippen LogP contribution in [0, 0.1) is 5.92 Å². The molecule has 1 aliphatic heterocycles. The van der Waals surface area contributed by atoms with Crippen LogP contribution in [0.4, 0.5) is 0 Å². The van der Waals surface area contributed by atoms with Crippen LogP contribution in [0.15, 0.2) is 54.6 Å². The van der Waals surface area contributed by atoms with Gasteiger partial charge in [-0.3, -0.25) is 19.3 Å². The van der Waals surface area contributed by atoms with E-state index in [1.165, 1.54) is 22.4 Å². The van der Waals surface area contributed by atoms with Crippen LogP contribution in [0.5, 0.6) is 0 Å². The van der Waals surface area contributed by atoms with E-state index in [0.29, 0.717) is 0 Å². The van der Waals surface area contributed by atoms with Gasteiger partial charge in [0, 0.05) is 43.7 Å². The van der Waals surface area contributed by atoms with Gasteiger partial charge in [0.2, 0.25) is 17.7 Å². The molecule has 1 saturated heterocycles. The van der Waals surface area contributed by atoms with Crippen molar-refractivity contribution in [2.45, 2.75) is 64.1 Å². The molecule has 0 spiro atoms. The van der Waals surface area contributed by atoms with E-state index < -0.39 is 17.9 Å². The molecule has 3 amide bonds. The number of carboxylic acid groups (broad SMARTS) is 1. The van der Waals surface area contributed by atoms with Crippen LogP contribution in [-0.2, 0) is 19.2 Å². The third kappa shape index (κ3) is 7.27. The first-order valence-electron chi connectivity index (χ1n) is 14.2. The van der Waals surface area contributed by atoms with Gasteiger partial charge in [-0.15, -0.1) is 0 Å². The summed E-state index contributed by atoms with van der Waals surface area (Å²) in [6.07, 6.45) is 6.58. The lowest BCUT2D eigenvalue weighted by atomic mass is 9.83. The zero-order valence-corrected chi connectivity index (χ0v) is 23.3. The molecule has 2 aromatic rings. The normalized spacial score (nSPS) is 18.1. The standard InChI is InChI=1S/C31H40N4O5/c1-21(30(39)32-17-7-14-29(37)38)33-28(36)20-35(31(40)24-10-5-11-24)25-15-18-34(19-16-25)22(2)26-13-6-9-23-8-3-4-12-27(23)26/h3-4,6-9,12-14,21-22,24-25H,5,10-11,15-20H2,1-2H3,(H,32,39)(H,33,36)(H,37,38)/b14-7+/t21-,22?/m0/s1. The maximum absolute atomic E-state index is 13.4. The Hall–Kier alpha value is -3.72. The second-order valence-corrected chi connectivity index (χ2v) is 10.9. The Bertz CT molecular complexity index is 1240. The van der Waals surface area contributed by atoms with Gasteiger partial charge in [-0.2, -0.15) is 0 Å². The number of hydrogen-bond acceptors (Lipinski definition) is 5. The molecule has 40 heavy (non-hydrogen) atoms. The molecule has 0 aromatic heterocycles. The molecular formula is C31H40N4O5. The summed E-state index contributed by atoms with van der Waals surface area (Å²) >= 11 is 0. The van der Waals surface area contributed by atoms with Crippen molar-refractivity contribution in [1.82, 2.24) is 20.4 Å². The molecule has 1 aliphatic carbocycles. The van der Waals surface area contributed by atoms with E-state index in [4.69, 9.17) is 5.11 Å². The summed E-state index contributed by atoms with van der Waals surface area (Å²) in [4.78, 5) is 53.4. The van der Waals surface area contributed by atoms with Gasteiger partial charge in [0.05, 0.1) is 6.54 Å². The number of amides is 3. The highest BCUT2D eigenvalue weighted by atomic mass is 16.4. The minimum atomic E-state index is -1.10. The highest BCUT2D eigenvalue weighted by molar-refractivity contribution is 5.91. The van der Waals surface area contributed by atoms with Crippen molar-refractivity contribution >= 4 is 34.5 Å². The van der Waals surface area contributed by atoms with Crippen LogP contribution in [0.1, 0.15) is 57.6 Å². The molecule has 9 heteroatoms. The zero-order valence-electron chi connectivity index (χ0n) is 23.3. The number of piperidine rings is 1. The van der Waals surface area contributed by atoms with Crippen LogP contribution >= 0.6 is 0 Å². The SMILES string of the molecule is CC(c1cccc2ccccc12)N1CCC(N(CC(=O)N[C@@H](C)C(=O)NC/C=C/C(=O)O)C(=O)C2CCC2)CC1. The smallest absolute Gasteiger partial charge is 0.328 e. The number of nitrogens with one attached hydrogen (secondary N) is 2. The van der Waals surface area contributed by atoms with Crippen LogP contribution in [0.3, 0.4) is 0 Å². The molecule has 9 nitrogen and oxygen atoms in total. The zero-order chi connectivity index (χ0) is 28.6. The summed E-state index contributed by atoms with van der Waals surface area (Å²) < 4.78 is 0. The molecule has 0 bridgehead atoms. The van der Waals surface area contributed by atoms with Crippen molar-refractivity contribution < 1.29 is 24.3 Å². The highest BCUT2D eigenvalue weighted by Crippen LogP contribution is 2.33. The number of carbonyl (C=O) groups excluding carboxylic acids is 3. The van der Waals surface area contributed by atoms with Crippen LogP contribution < -0.4 is 10.6 Å². The van der Waals surface area contributed by atoms with Gasteiger partial charge in [-0.05, 0) is 55.9 Å². The first-order valence-corrected chi connectivity index (χ1v) is 14.2. The lowest BCUT2D eigenvalue weighted by Crippen LogP contribution is -2.55. The molecular weight excluding hydrogens is 508 g/mol. The quantitative estimate of drug-likeness (QED) is 0.371. The molecule has 2 atom stereocenters. The van der Waals surface area contributed by atoms with Crippen molar-refractivity contribution in [3.63, 3.8) is 0 Å². The van der Waals surface area contributed by atoms with Crippen LogP contribution in [0.25, 0.3) is 10.8 Å². The molecule has 2 aromatic carbocycles. The largest absolute Gasteiger partial charge is 0.478 e. The van der Waals surface area contributed by atoms with E-state index in [2.05, 4.69) is 64.9 Å². The van der Waals surface area contributed by atoms with Gasteiger partial charge in [-0.25, -0.2) is 4.79 Å². The molecule has 1 saturated carbocycles. The Morgan fingerprint density at radius 2 is 1.73 bits per heavy atom. The van der Waals surface area contributed by atoms with E-state index in [1.807, 2.05) is 0 Å².